The van der Waals surface area contributed by atoms with E-state index in [4.69, 9.17) is 9.47 Å². The number of carbonyl (C=O) groups excluding carboxylic acids is 1. The second-order valence-corrected chi connectivity index (χ2v) is 10.2. The predicted molar refractivity (Wildman–Crippen MR) is 137 cm³/mol. The Bertz CT molecular complexity index is 973. The Morgan fingerprint density at radius 3 is 1.90 bits per heavy atom. The number of hydrogen-bond donors (Lipinski definition) is 0. The Morgan fingerprint density at radius 2 is 1.34 bits per heavy atom. The van der Waals surface area contributed by atoms with Gasteiger partial charge < -0.3 is 14.3 Å². The fourth-order valence-corrected chi connectivity index (χ4v) is 3.43. The lowest BCUT2D eigenvalue weighted by atomic mass is 10.00. The van der Waals surface area contributed by atoms with Crippen LogP contribution in [0, 0.1) is 17.8 Å². The molecule has 1 aromatic carbocycles. The fourth-order valence-electron chi connectivity index (χ4n) is 3.43. The van der Waals surface area contributed by atoms with E-state index in [1.807, 2.05) is 26.8 Å². The molecule has 0 saturated carbocycles. The number of carbonyl (C=O) groups is 1. The zero-order valence-electron chi connectivity index (χ0n) is 23.4. The third-order valence-corrected chi connectivity index (χ3v) is 6.44. The van der Waals surface area contributed by atoms with Gasteiger partial charge in [0.1, 0.15) is 12.0 Å². The first-order valence-corrected chi connectivity index (χ1v) is 13.2. The SMILES string of the molecule is C[C@H](C=O)C/C=C/[C@H](C)C/C=C/[C@H](C)[C@H](C)OCc1ccc(OCCCC(F)(F)C(F)(F)C(F)(F)C(F)(F)F)cc1. The smallest absolute Gasteiger partial charge is 0.460 e. The van der Waals surface area contributed by atoms with Crippen molar-refractivity contribution in [2.45, 2.75) is 90.0 Å². The number of allylic oxidation sites excluding steroid dienone is 3. The summed E-state index contributed by atoms with van der Waals surface area (Å²) < 4.78 is 127. The van der Waals surface area contributed by atoms with E-state index in [0.717, 1.165) is 18.3 Å². The molecule has 0 radical (unpaired) electrons. The lowest BCUT2D eigenvalue weighted by Crippen LogP contribution is -2.60. The van der Waals surface area contributed by atoms with Crippen molar-refractivity contribution in [2.24, 2.45) is 17.8 Å². The van der Waals surface area contributed by atoms with Gasteiger partial charge >= 0.3 is 23.9 Å². The Labute approximate surface area is 234 Å². The van der Waals surface area contributed by atoms with Gasteiger partial charge in [0.15, 0.2) is 0 Å². The molecule has 0 saturated heterocycles. The van der Waals surface area contributed by atoms with Crippen molar-refractivity contribution in [1.82, 2.24) is 0 Å². The van der Waals surface area contributed by atoms with Crippen LogP contribution in [0.3, 0.4) is 0 Å². The summed E-state index contributed by atoms with van der Waals surface area (Å²) in [4.78, 5) is 10.7. The maximum Gasteiger partial charge on any atom is 0.460 e. The normalized spacial score (nSPS) is 16.6. The molecule has 0 amide bonds. The molecule has 234 valence electrons. The van der Waals surface area contributed by atoms with Crippen LogP contribution >= 0.6 is 0 Å². The first kappa shape index (κ1) is 36.5. The van der Waals surface area contributed by atoms with Crippen LogP contribution in [-0.2, 0) is 16.1 Å². The molecule has 0 fully saturated rings. The van der Waals surface area contributed by atoms with Gasteiger partial charge in [-0.3, -0.25) is 0 Å². The van der Waals surface area contributed by atoms with Crippen LogP contribution in [0.5, 0.6) is 5.75 Å². The number of alkyl halides is 9. The lowest BCUT2D eigenvalue weighted by molar-refractivity contribution is -0.396. The molecule has 0 heterocycles. The molecule has 12 heteroatoms. The van der Waals surface area contributed by atoms with Gasteiger partial charge in [-0.05, 0) is 55.7 Å². The van der Waals surface area contributed by atoms with Crippen molar-refractivity contribution in [2.75, 3.05) is 6.61 Å². The van der Waals surface area contributed by atoms with Crippen LogP contribution in [-0.4, -0.2) is 42.9 Å². The van der Waals surface area contributed by atoms with Gasteiger partial charge in [-0.15, -0.1) is 0 Å². The van der Waals surface area contributed by atoms with Crippen LogP contribution in [0.15, 0.2) is 48.6 Å². The highest BCUT2D eigenvalue weighted by Crippen LogP contribution is 2.54. The van der Waals surface area contributed by atoms with Crippen LogP contribution in [0.2, 0.25) is 0 Å². The number of hydrogen-bond acceptors (Lipinski definition) is 3. The number of ether oxygens (including phenoxy) is 2. The Kier molecular flexibility index (Phi) is 13.9. The molecular formula is C29H37F9O3. The standard InChI is InChI=1S/C29H37F9O3/c1-20(8-5-10-21(2)18-39)9-6-11-22(3)23(4)41-19-24-12-14-25(15-13-24)40-17-7-16-26(30,31)27(32,33)28(34,35)29(36,37)38/h5-6,8,11-15,18,20-23H,7,9-10,16-17,19H2,1-4H3/b8-5+,11-6+/t20-,21-,22-,23-/m0/s1. The summed E-state index contributed by atoms with van der Waals surface area (Å²) >= 11 is 0. The number of aldehydes is 1. The topological polar surface area (TPSA) is 35.5 Å². The van der Waals surface area contributed by atoms with Crippen molar-refractivity contribution in [1.29, 1.82) is 0 Å². The van der Waals surface area contributed by atoms with E-state index in [1.165, 1.54) is 12.1 Å². The molecular weight excluding hydrogens is 567 g/mol. The maximum absolute atomic E-state index is 13.6. The third-order valence-electron chi connectivity index (χ3n) is 6.44. The average molecular weight is 605 g/mol. The van der Waals surface area contributed by atoms with Crippen LogP contribution < -0.4 is 4.74 Å². The highest BCUT2D eigenvalue weighted by Gasteiger charge is 2.81. The summed E-state index contributed by atoms with van der Waals surface area (Å²) in [5, 5.41) is 0. The minimum Gasteiger partial charge on any atom is -0.494 e. The van der Waals surface area contributed by atoms with Crippen LogP contribution in [0.4, 0.5) is 39.5 Å². The molecule has 3 nitrogen and oxygen atoms in total. The zero-order valence-corrected chi connectivity index (χ0v) is 23.4. The molecule has 0 aliphatic heterocycles. The van der Waals surface area contributed by atoms with Crippen LogP contribution in [0.25, 0.3) is 0 Å². The summed E-state index contributed by atoms with van der Waals surface area (Å²) in [7, 11) is 0. The van der Waals surface area contributed by atoms with Gasteiger partial charge in [-0.25, -0.2) is 0 Å². The first-order valence-electron chi connectivity index (χ1n) is 13.2. The van der Waals surface area contributed by atoms with Gasteiger partial charge in [0.25, 0.3) is 0 Å². The van der Waals surface area contributed by atoms with E-state index in [2.05, 4.69) is 25.2 Å². The number of benzene rings is 1. The van der Waals surface area contributed by atoms with E-state index < -0.39 is 43.4 Å². The molecule has 0 spiro atoms. The second-order valence-electron chi connectivity index (χ2n) is 10.2. The second kappa shape index (κ2) is 15.7. The molecule has 1 rings (SSSR count). The van der Waals surface area contributed by atoms with Crippen molar-refractivity contribution in [3.8, 4) is 5.75 Å². The molecule has 41 heavy (non-hydrogen) atoms. The zero-order chi connectivity index (χ0) is 31.5. The monoisotopic (exact) mass is 604 g/mol. The molecule has 0 aliphatic rings. The Hall–Kier alpha value is -2.50. The summed E-state index contributed by atoms with van der Waals surface area (Å²) in [5.41, 5.74) is 0.754. The quantitative estimate of drug-likeness (QED) is 0.0726. The van der Waals surface area contributed by atoms with E-state index >= 15 is 0 Å². The highest BCUT2D eigenvalue weighted by molar-refractivity contribution is 5.52. The maximum atomic E-state index is 13.6. The van der Waals surface area contributed by atoms with Gasteiger partial charge in [-0.2, -0.15) is 39.5 Å². The minimum absolute atomic E-state index is 0.00242. The van der Waals surface area contributed by atoms with E-state index in [9.17, 15) is 44.3 Å². The third kappa shape index (κ3) is 11.0. The van der Waals surface area contributed by atoms with Gasteiger partial charge in [0, 0.05) is 12.3 Å². The molecule has 0 aromatic heterocycles. The summed E-state index contributed by atoms with van der Waals surface area (Å²) in [5.74, 6) is -18.5. The summed E-state index contributed by atoms with van der Waals surface area (Å²) in [6, 6.07) is 6.16. The van der Waals surface area contributed by atoms with Crippen molar-refractivity contribution < 1.29 is 53.8 Å². The van der Waals surface area contributed by atoms with E-state index in [-0.39, 0.29) is 30.3 Å². The first-order chi connectivity index (χ1) is 18.9. The van der Waals surface area contributed by atoms with Gasteiger partial charge in [0.05, 0.1) is 19.3 Å². The number of halogens is 9. The van der Waals surface area contributed by atoms with E-state index in [0.29, 0.717) is 12.3 Å². The molecule has 1 aromatic rings. The van der Waals surface area contributed by atoms with Crippen molar-refractivity contribution in [3.63, 3.8) is 0 Å². The molecule has 0 bridgehead atoms. The Balaban J connectivity index is 2.47. The average Bonchev–Trinajstić information content (AvgIpc) is 2.89. The van der Waals surface area contributed by atoms with Crippen molar-refractivity contribution >= 4 is 6.29 Å². The lowest BCUT2D eigenvalue weighted by Gasteiger charge is -2.33. The van der Waals surface area contributed by atoms with Crippen molar-refractivity contribution in [3.05, 3.63) is 54.1 Å². The minimum atomic E-state index is -6.89. The summed E-state index contributed by atoms with van der Waals surface area (Å²) in [6.45, 7) is 7.52. The summed E-state index contributed by atoms with van der Waals surface area (Å²) in [6.07, 6.45) is 0.927. The van der Waals surface area contributed by atoms with Gasteiger partial charge in [0.2, 0.25) is 0 Å². The molecule has 0 unspecified atom stereocenters. The molecule has 0 N–H and O–H groups in total. The molecule has 4 atom stereocenters. The predicted octanol–water partition coefficient (Wildman–Crippen LogP) is 9.22. The van der Waals surface area contributed by atoms with Crippen LogP contribution in [0.1, 0.15) is 58.9 Å². The highest BCUT2D eigenvalue weighted by atomic mass is 19.4. The Morgan fingerprint density at radius 1 is 0.780 bits per heavy atom. The largest absolute Gasteiger partial charge is 0.494 e. The van der Waals surface area contributed by atoms with E-state index in [1.54, 1.807) is 12.1 Å². The van der Waals surface area contributed by atoms with Gasteiger partial charge in [-0.1, -0.05) is 57.2 Å². The number of rotatable bonds is 18. The molecule has 0 aliphatic carbocycles. The fraction of sp³-hybridized carbons (Fsp3) is 0.621.